The smallest absolute Gasteiger partial charge is 0.284 e. The monoisotopic (exact) mass is 384 g/mol. The van der Waals surface area contributed by atoms with Crippen molar-refractivity contribution in [1.82, 2.24) is 29.5 Å². The van der Waals surface area contributed by atoms with Gasteiger partial charge in [0.1, 0.15) is 23.1 Å². The Bertz CT molecular complexity index is 1220. The van der Waals surface area contributed by atoms with Gasteiger partial charge in [-0.3, -0.25) is 14.7 Å². The molecule has 4 rings (SSSR count). The van der Waals surface area contributed by atoms with Gasteiger partial charge in [-0.15, -0.1) is 10.2 Å². The largest absolute Gasteiger partial charge is 0.497 e. The number of pyridine rings is 1. The van der Waals surface area contributed by atoms with Crippen molar-refractivity contribution in [2.24, 2.45) is 7.05 Å². The summed E-state index contributed by atoms with van der Waals surface area (Å²) in [4.78, 5) is 28.3. The first kappa shape index (κ1) is 17.2. The van der Waals surface area contributed by atoms with Crippen molar-refractivity contribution in [3.8, 4) is 11.4 Å². The van der Waals surface area contributed by atoms with Gasteiger partial charge in [-0.05, 0) is 24.3 Å². The van der Waals surface area contributed by atoms with E-state index in [4.69, 9.17) is 4.74 Å². The molecule has 3 heterocycles. The molecule has 0 saturated carbocycles. The van der Waals surface area contributed by atoms with Crippen molar-refractivity contribution in [2.45, 2.75) is 10.9 Å². The molecule has 0 amide bonds. The van der Waals surface area contributed by atoms with Crippen molar-refractivity contribution in [2.75, 3.05) is 7.11 Å². The van der Waals surface area contributed by atoms with E-state index >= 15 is 0 Å². The maximum Gasteiger partial charge on any atom is 0.284 e. The molecule has 9 nitrogen and oxygen atoms in total. The number of aromatic nitrogens is 6. The van der Waals surface area contributed by atoms with Gasteiger partial charge in [-0.25, -0.2) is 4.68 Å². The summed E-state index contributed by atoms with van der Waals surface area (Å²) in [6, 6.07) is 8.42. The number of ether oxygens (including phenoxy) is 1. The molecule has 3 aromatic heterocycles. The quantitative estimate of drug-likeness (QED) is 0.504. The zero-order chi connectivity index (χ0) is 19.0. The van der Waals surface area contributed by atoms with Gasteiger partial charge in [0.25, 0.3) is 5.56 Å². The summed E-state index contributed by atoms with van der Waals surface area (Å²) in [5.41, 5.74) is 0.954. The molecule has 138 valence electrons. The van der Waals surface area contributed by atoms with E-state index in [-0.39, 0.29) is 10.8 Å². The molecule has 1 aromatic carbocycles. The van der Waals surface area contributed by atoms with Crippen LogP contribution in [-0.4, -0.2) is 36.6 Å². The Morgan fingerprint density at radius 1 is 1.22 bits per heavy atom. The van der Waals surface area contributed by atoms with Crippen LogP contribution in [0.25, 0.3) is 16.7 Å². The normalized spacial score (nSPS) is 11.2. The average molecular weight is 384 g/mol. The van der Waals surface area contributed by atoms with E-state index in [9.17, 15) is 9.59 Å². The van der Waals surface area contributed by atoms with E-state index < -0.39 is 5.56 Å². The predicted molar refractivity (Wildman–Crippen MR) is 102 cm³/mol. The molecular weight excluding hydrogens is 368 g/mol. The standard InChI is InChI=1S/C17H16N6O3S/c1-22-9-18-20-17(22)27-8-10-7-13(24)14-15(19-10)21-23(16(14)25)11-3-5-12(26-2)6-4-11/h3-7,9H,8H2,1-2H3,(H2,19,21,24). The number of rotatable bonds is 5. The average Bonchev–Trinajstić information content (AvgIpc) is 3.23. The van der Waals surface area contributed by atoms with Crippen LogP contribution in [0.3, 0.4) is 0 Å². The Kier molecular flexibility index (Phi) is 4.32. The fraction of sp³-hybridized carbons (Fsp3) is 0.176. The van der Waals surface area contributed by atoms with E-state index in [1.807, 2.05) is 7.05 Å². The summed E-state index contributed by atoms with van der Waals surface area (Å²) in [5, 5.41) is 11.6. The van der Waals surface area contributed by atoms with Gasteiger partial charge in [-0.1, -0.05) is 11.8 Å². The highest BCUT2D eigenvalue weighted by molar-refractivity contribution is 7.98. The van der Waals surface area contributed by atoms with Crippen molar-refractivity contribution in [1.29, 1.82) is 0 Å². The second-order valence-corrected chi connectivity index (χ2v) is 6.81. The molecule has 0 aliphatic carbocycles. The first-order valence-corrected chi connectivity index (χ1v) is 9.03. The summed E-state index contributed by atoms with van der Waals surface area (Å²) in [5.74, 6) is 1.18. The fourth-order valence-electron chi connectivity index (χ4n) is 2.72. The summed E-state index contributed by atoms with van der Waals surface area (Å²) < 4.78 is 8.26. The van der Waals surface area contributed by atoms with Gasteiger partial charge in [0.2, 0.25) is 0 Å². The van der Waals surface area contributed by atoms with Crippen molar-refractivity contribution in [3.05, 3.63) is 62.9 Å². The second-order valence-electron chi connectivity index (χ2n) is 5.87. The molecule has 0 aliphatic rings. The van der Waals surface area contributed by atoms with Crippen LogP contribution in [0.5, 0.6) is 5.75 Å². The van der Waals surface area contributed by atoms with Gasteiger partial charge in [-0.2, -0.15) is 0 Å². The summed E-state index contributed by atoms with van der Waals surface area (Å²) in [7, 11) is 3.42. The van der Waals surface area contributed by atoms with Crippen LogP contribution < -0.4 is 15.7 Å². The summed E-state index contributed by atoms with van der Waals surface area (Å²) in [6.45, 7) is 0. The van der Waals surface area contributed by atoms with E-state index in [2.05, 4.69) is 20.3 Å². The lowest BCUT2D eigenvalue weighted by atomic mass is 10.3. The summed E-state index contributed by atoms with van der Waals surface area (Å²) >= 11 is 1.44. The number of aryl methyl sites for hydroxylation is 1. The number of benzene rings is 1. The third-order valence-corrected chi connectivity index (χ3v) is 5.17. The molecule has 0 aliphatic heterocycles. The number of H-pyrrole nitrogens is 2. The molecule has 0 bridgehead atoms. The van der Waals surface area contributed by atoms with Crippen LogP contribution >= 0.6 is 11.8 Å². The number of hydrogen-bond donors (Lipinski definition) is 2. The first-order chi connectivity index (χ1) is 13.1. The van der Waals surface area contributed by atoms with Crippen LogP contribution in [0.1, 0.15) is 5.69 Å². The van der Waals surface area contributed by atoms with Crippen LogP contribution in [-0.2, 0) is 12.8 Å². The molecule has 0 saturated heterocycles. The Morgan fingerprint density at radius 2 is 2.00 bits per heavy atom. The molecule has 0 unspecified atom stereocenters. The highest BCUT2D eigenvalue weighted by atomic mass is 32.2. The number of thioether (sulfide) groups is 1. The van der Waals surface area contributed by atoms with Crippen LogP contribution in [0.15, 0.2) is 51.4 Å². The zero-order valence-corrected chi connectivity index (χ0v) is 15.4. The van der Waals surface area contributed by atoms with Crippen molar-refractivity contribution >= 4 is 22.8 Å². The van der Waals surface area contributed by atoms with Gasteiger partial charge in [0.15, 0.2) is 10.6 Å². The van der Waals surface area contributed by atoms with Crippen LogP contribution in [0, 0.1) is 0 Å². The van der Waals surface area contributed by atoms with Gasteiger partial charge in [0, 0.05) is 24.6 Å². The highest BCUT2D eigenvalue weighted by Gasteiger charge is 2.14. The molecule has 0 spiro atoms. The minimum Gasteiger partial charge on any atom is -0.497 e. The lowest BCUT2D eigenvalue weighted by molar-refractivity contribution is 0.414. The van der Waals surface area contributed by atoms with Crippen LogP contribution in [0.4, 0.5) is 0 Å². The lowest BCUT2D eigenvalue weighted by Crippen LogP contribution is -2.18. The van der Waals surface area contributed by atoms with Crippen molar-refractivity contribution < 1.29 is 4.74 Å². The number of aromatic amines is 2. The minimum atomic E-state index is -0.399. The van der Waals surface area contributed by atoms with Gasteiger partial charge < -0.3 is 14.3 Å². The number of nitrogens with zero attached hydrogens (tertiary/aromatic N) is 4. The van der Waals surface area contributed by atoms with E-state index in [0.717, 1.165) is 5.16 Å². The van der Waals surface area contributed by atoms with Gasteiger partial charge in [0.05, 0.1) is 12.8 Å². The molecule has 0 radical (unpaired) electrons. The third kappa shape index (κ3) is 3.14. The molecule has 4 aromatic rings. The predicted octanol–water partition coefficient (Wildman–Crippen LogP) is 1.44. The fourth-order valence-corrected chi connectivity index (χ4v) is 3.52. The zero-order valence-electron chi connectivity index (χ0n) is 14.6. The van der Waals surface area contributed by atoms with E-state index in [1.165, 1.54) is 22.5 Å². The molecule has 2 N–H and O–H groups in total. The molecule has 27 heavy (non-hydrogen) atoms. The molecule has 0 fully saturated rings. The second kappa shape index (κ2) is 6.80. The Hall–Kier alpha value is -3.27. The van der Waals surface area contributed by atoms with E-state index in [1.54, 1.807) is 42.3 Å². The van der Waals surface area contributed by atoms with Gasteiger partial charge >= 0.3 is 0 Å². The molecule has 0 atom stereocenters. The minimum absolute atomic E-state index is 0.0956. The number of methoxy groups -OCH3 is 1. The number of nitrogens with one attached hydrogen (secondary N) is 2. The maximum absolute atomic E-state index is 12.7. The lowest BCUT2D eigenvalue weighted by Gasteiger charge is -2.03. The Labute approximate surface area is 157 Å². The van der Waals surface area contributed by atoms with Crippen LogP contribution in [0.2, 0.25) is 0 Å². The maximum atomic E-state index is 12.7. The molecular formula is C17H16N6O3S. The highest BCUT2D eigenvalue weighted by Crippen LogP contribution is 2.19. The molecule has 10 heteroatoms. The summed E-state index contributed by atoms with van der Waals surface area (Å²) in [6.07, 6.45) is 1.61. The SMILES string of the molecule is COc1ccc(-n2[nH]c3[nH]c(CSc4nncn4C)cc(=O)c3c2=O)cc1. The Morgan fingerprint density at radius 3 is 2.67 bits per heavy atom. The number of fused-ring (bicyclic) bond motifs is 1. The Balaban J connectivity index is 1.71. The number of hydrogen-bond acceptors (Lipinski definition) is 6. The first-order valence-electron chi connectivity index (χ1n) is 8.05. The third-order valence-electron chi connectivity index (χ3n) is 4.09. The topological polar surface area (TPSA) is 111 Å². The van der Waals surface area contributed by atoms with E-state index in [0.29, 0.717) is 28.5 Å². The van der Waals surface area contributed by atoms with Crippen molar-refractivity contribution in [3.63, 3.8) is 0 Å².